The number of amides is 2. The van der Waals surface area contributed by atoms with E-state index in [1.54, 1.807) is 0 Å². The zero-order chi connectivity index (χ0) is 17.6. The highest BCUT2D eigenvalue weighted by Crippen LogP contribution is 2.33. The van der Waals surface area contributed by atoms with Gasteiger partial charge in [-0.1, -0.05) is 19.8 Å². The minimum absolute atomic E-state index is 0. The lowest BCUT2D eigenvalue weighted by atomic mass is 9.88. The number of nitrogens with one attached hydrogen (secondary N) is 2. The van der Waals surface area contributed by atoms with Gasteiger partial charge in [-0.3, -0.25) is 9.59 Å². The largest absolute Gasteiger partial charge is 0.356 e. The van der Waals surface area contributed by atoms with Crippen LogP contribution in [0.15, 0.2) is 0 Å². The number of unbranched alkanes of at least 4 members (excludes halogenated alkanes) is 2. The van der Waals surface area contributed by atoms with Gasteiger partial charge in [0.1, 0.15) is 0 Å². The highest BCUT2D eigenvalue weighted by Gasteiger charge is 2.35. The minimum atomic E-state index is 0. The van der Waals surface area contributed by atoms with Gasteiger partial charge in [0, 0.05) is 44.1 Å². The summed E-state index contributed by atoms with van der Waals surface area (Å²) in [5.41, 5.74) is 0. The predicted molar refractivity (Wildman–Crippen MR) is 106 cm³/mol. The quantitative estimate of drug-likeness (QED) is 0.662. The van der Waals surface area contributed by atoms with E-state index in [0.717, 1.165) is 38.9 Å². The number of piperidine rings is 2. The molecule has 0 aliphatic carbocycles. The summed E-state index contributed by atoms with van der Waals surface area (Å²) in [6.45, 7) is 4.47. The lowest BCUT2D eigenvalue weighted by Gasteiger charge is -2.34. The first kappa shape index (κ1) is 21.5. The normalized spacial score (nSPS) is 28.5. The summed E-state index contributed by atoms with van der Waals surface area (Å²) < 4.78 is 0. The number of nitrogens with zero attached hydrogens (tertiary/aromatic N) is 1. The zero-order valence-electron chi connectivity index (χ0n) is 16.2. The molecule has 0 spiro atoms. The van der Waals surface area contributed by atoms with Crippen molar-refractivity contribution in [3.8, 4) is 0 Å². The van der Waals surface area contributed by atoms with Gasteiger partial charge in [-0.25, -0.2) is 0 Å². The monoisotopic (exact) mass is 385 g/mol. The fourth-order valence-corrected chi connectivity index (χ4v) is 4.84. The molecule has 150 valence electrons. The number of fused-ring (bicyclic) bond motifs is 2. The van der Waals surface area contributed by atoms with Crippen LogP contribution in [0.2, 0.25) is 0 Å². The molecule has 6 heteroatoms. The van der Waals surface area contributed by atoms with E-state index in [4.69, 9.17) is 0 Å². The number of halogens is 1. The molecule has 2 unspecified atom stereocenters. The van der Waals surface area contributed by atoms with Crippen LogP contribution in [0.5, 0.6) is 0 Å². The SMILES string of the molecule is CCCCCNC(=O)C1CCN(C(=O)CC2CC3CCC(C2)N3)CC1.Cl. The molecule has 3 saturated heterocycles. The molecule has 3 aliphatic heterocycles. The molecule has 0 radical (unpaired) electrons. The van der Waals surface area contributed by atoms with Crippen molar-refractivity contribution in [1.29, 1.82) is 0 Å². The van der Waals surface area contributed by atoms with Crippen LogP contribution < -0.4 is 10.6 Å². The summed E-state index contributed by atoms with van der Waals surface area (Å²) in [6, 6.07) is 1.30. The number of hydrogen-bond donors (Lipinski definition) is 2. The molecule has 3 rings (SSSR count). The summed E-state index contributed by atoms with van der Waals surface area (Å²) in [7, 11) is 0. The minimum Gasteiger partial charge on any atom is -0.356 e. The molecule has 3 fully saturated rings. The van der Waals surface area contributed by atoms with Crippen molar-refractivity contribution in [1.82, 2.24) is 15.5 Å². The molecule has 0 aromatic carbocycles. The third-order valence-corrected chi connectivity index (χ3v) is 6.33. The fraction of sp³-hybridized carbons (Fsp3) is 0.900. The van der Waals surface area contributed by atoms with Crippen molar-refractivity contribution in [3.05, 3.63) is 0 Å². The zero-order valence-corrected chi connectivity index (χ0v) is 17.0. The summed E-state index contributed by atoms with van der Waals surface area (Å²) in [4.78, 5) is 26.8. The third-order valence-electron chi connectivity index (χ3n) is 6.33. The first-order valence-electron chi connectivity index (χ1n) is 10.5. The highest BCUT2D eigenvalue weighted by molar-refractivity contribution is 5.85. The summed E-state index contributed by atoms with van der Waals surface area (Å²) in [5.74, 6) is 1.16. The number of carbonyl (C=O) groups excluding carboxylic acids is 2. The van der Waals surface area contributed by atoms with Gasteiger partial charge in [-0.15, -0.1) is 12.4 Å². The van der Waals surface area contributed by atoms with Gasteiger partial charge >= 0.3 is 0 Å². The molecular formula is C20H36ClN3O2. The first-order valence-corrected chi connectivity index (χ1v) is 10.5. The van der Waals surface area contributed by atoms with Crippen LogP contribution in [0.1, 0.15) is 71.1 Å². The van der Waals surface area contributed by atoms with Gasteiger partial charge in [0.15, 0.2) is 0 Å². The van der Waals surface area contributed by atoms with Gasteiger partial charge < -0.3 is 15.5 Å². The highest BCUT2D eigenvalue weighted by atomic mass is 35.5. The molecule has 2 atom stereocenters. The maximum absolute atomic E-state index is 12.6. The molecule has 3 aliphatic rings. The van der Waals surface area contributed by atoms with Gasteiger partial charge in [0.25, 0.3) is 0 Å². The lowest BCUT2D eigenvalue weighted by Crippen LogP contribution is -2.45. The van der Waals surface area contributed by atoms with E-state index in [1.807, 2.05) is 4.90 Å². The van der Waals surface area contributed by atoms with Crippen LogP contribution in [-0.4, -0.2) is 48.4 Å². The second-order valence-corrected chi connectivity index (χ2v) is 8.33. The molecule has 3 heterocycles. The second-order valence-electron chi connectivity index (χ2n) is 8.33. The van der Waals surface area contributed by atoms with E-state index in [9.17, 15) is 9.59 Å². The Morgan fingerprint density at radius 2 is 1.69 bits per heavy atom. The molecule has 2 bridgehead atoms. The van der Waals surface area contributed by atoms with Crippen molar-refractivity contribution < 1.29 is 9.59 Å². The number of carbonyl (C=O) groups is 2. The van der Waals surface area contributed by atoms with Crippen LogP contribution in [0.25, 0.3) is 0 Å². The molecule has 26 heavy (non-hydrogen) atoms. The van der Waals surface area contributed by atoms with Crippen molar-refractivity contribution in [2.24, 2.45) is 11.8 Å². The Morgan fingerprint density at radius 3 is 2.31 bits per heavy atom. The molecule has 5 nitrogen and oxygen atoms in total. The average molecular weight is 386 g/mol. The molecule has 0 saturated carbocycles. The Morgan fingerprint density at radius 1 is 1.04 bits per heavy atom. The van der Waals surface area contributed by atoms with E-state index in [1.165, 1.54) is 38.5 Å². The van der Waals surface area contributed by atoms with E-state index < -0.39 is 0 Å². The lowest BCUT2D eigenvalue weighted by molar-refractivity contribution is -0.136. The van der Waals surface area contributed by atoms with E-state index >= 15 is 0 Å². The Bertz CT molecular complexity index is 454. The van der Waals surface area contributed by atoms with E-state index in [-0.39, 0.29) is 24.2 Å². The predicted octanol–water partition coefficient (Wildman–Crippen LogP) is 2.87. The molecule has 2 N–H and O–H groups in total. The van der Waals surface area contributed by atoms with Crippen molar-refractivity contribution >= 4 is 24.2 Å². The Hall–Kier alpha value is -0.810. The van der Waals surface area contributed by atoms with Gasteiger partial charge in [-0.05, 0) is 50.9 Å². The van der Waals surface area contributed by atoms with Crippen LogP contribution in [-0.2, 0) is 9.59 Å². The third kappa shape index (κ3) is 5.85. The topological polar surface area (TPSA) is 61.4 Å². The fourth-order valence-electron chi connectivity index (χ4n) is 4.84. The van der Waals surface area contributed by atoms with E-state index in [0.29, 0.717) is 30.3 Å². The van der Waals surface area contributed by atoms with Crippen LogP contribution in [0.3, 0.4) is 0 Å². The van der Waals surface area contributed by atoms with Gasteiger partial charge in [-0.2, -0.15) is 0 Å². The van der Waals surface area contributed by atoms with Crippen molar-refractivity contribution in [2.45, 2.75) is 83.2 Å². The molecule has 0 aromatic rings. The first-order chi connectivity index (χ1) is 12.2. The standard InChI is InChI=1S/C20H35N3O2.ClH/c1-2-3-4-9-21-20(25)16-7-10-23(11-8-16)19(24)14-15-12-17-5-6-18(13-15)22-17;/h15-18,22H,2-14H2,1H3,(H,21,25);1H. The van der Waals surface area contributed by atoms with Crippen LogP contribution in [0, 0.1) is 11.8 Å². The Kier molecular flexibility index (Phi) is 8.68. The Labute approximate surface area is 164 Å². The number of likely N-dealkylation sites (tertiary alicyclic amines) is 1. The molecular weight excluding hydrogens is 350 g/mol. The van der Waals surface area contributed by atoms with Gasteiger partial charge in [0.2, 0.25) is 11.8 Å². The molecule has 0 aromatic heterocycles. The smallest absolute Gasteiger partial charge is 0.223 e. The maximum Gasteiger partial charge on any atom is 0.223 e. The van der Waals surface area contributed by atoms with Crippen molar-refractivity contribution in [2.75, 3.05) is 19.6 Å². The van der Waals surface area contributed by atoms with Crippen LogP contribution in [0.4, 0.5) is 0 Å². The Balaban J connectivity index is 0.00000243. The van der Waals surface area contributed by atoms with Gasteiger partial charge in [0.05, 0.1) is 0 Å². The summed E-state index contributed by atoms with van der Waals surface area (Å²) in [5, 5.41) is 6.71. The number of hydrogen-bond acceptors (Lipinski definition) is 3. The average Bonchev–Trinajstić information content (AvgIpc) is 2.97. The molecule has 2 amide bonds. The van der Waals surface area contributed by atoms with Crippen LogP contribution >= 0.6 is 12.4 Å². The van der Waals surface area contributed by atoms with E-state index in [2.05, 4.69) is 17.6 Å². The summed E-state index contributed by atoms with van der Waals surface area (Å²) in [6.07, 6.45) is 10.7. The second kappa shape index (κ2) is 10.5. The summed E-state index contributed by atoms with van der Waals surface area (Å²) >= 11 is 0. The maximum atomic E-state index is 12.6. The number of rotatable bonds is 7. The van der Waals surface area contributed by atoms with Crippen molar-refractivity contribution in [3.63, 3.8) is 0 Å².